The zero-order valence-electron chi connectivity index (χ0n) is 8.63. The SMILES string of the molecule is CCCN[C@H]1C[C@H]2C3CCC(C3)[C@@H]12. The molecular weight excluding hydrogens is 158 g/mol. The van der Waals surface area contributed by atoms with Crippen molar-refractivity contribution >= 4 is 0 Å². The van der Waals surface area contributed by atoms with Crippen molar-refractivity contribution in [2.24, 2.45) is 23.7 Å². The summed E-state index contributed by atoms with van der Waals surface area (Å²) in [5.74, 6) is 4.52. The zero-order chi connectivity index (χ0) is 8.84. The second-order valence-corrected chi connectivity index (χ2v) is 5.37. The van der Waals surface area contributed by atoms with Gasteiger partial charge < -0.3 is 5.32 Å². The number of rotatable bonds is 3. The van der Waals surface area contributed by atoms with Crippen molar-refractivity contribution in [2.75, 3.05) is 6.54 Å². The van der Waals surface area contributed by atoms with Crippen LogP contribution in [0.15, 0.2) is 0 Å². The molecule has 0 saturated heterocycles. The minimum absolute atomic E-state index is 0.917. The summed E-state index contributed by atoms with van der Waals surface area (Å²) < 4.78 is 0. The summed E-state index contributed by atoms with van der Waals surface area (Å²) in [5, 5.41) is 3.73. The van der Waals surface area contributed by atoms with Crippen LogP contribution in [0.5, 0.6) is 0 Å². The van der Waals surface area contributed by atoms with Crippen LogP contribution in [-0.4, -0.2) is 12.6 Å². The molecule has 0 aliphatic heterocycles. The maximum absolute atomic E-state index is 3.73. The highest BCUT2D eigenvalue weighted by atomic mass is 15.0. The van der Waals surface area contributed by atoms with Crippen molar-refractivity contribution < 1.29 is 0 Å². The van der Waals surface area contributed by atoms with E-state index in [0.717, 1.165) is 29.7 Å². The average Bonchev–Trinajstić information content (AvgIpc) is 2.60. The third-order valence-electron chi connectivity index (χ3n) is 4.81. The lowest BCUT2D eigenvalue weighted by Crippen LogP contribution is -2.52. The van der Waals surface area contributed by atoms with Crippen LogP contribution in [0.3, 0.4) is 0 Å². The second-order valence-electron chi connectivity index (χ2n) is 5.37. The molecule has 5 atom stereocenters. The van der Waals surface area contributed by atoms with Gasteiger partial charge in [0.25, 0.3) is 0 Å². The molecule has 2 unspecified atom stereocenters. The number of hydrogen-bond acceptors (Lipinski definition) is 1. The van der Waals surface area contributed by atoms with Crippen LogP contribution in [0.25, 0.3) is 0 Å². The topological polar surface area (TPSA) is 12.0 Å². The van der Waals surface area contributed by atoms with Gasteiger partial charge in [-0.05, 0) is 62.3 Å². The Labute approximate surface area is 81.3 Å². The van der Waals surface area contributed by atoms with Crippen molar-refractivity contribution in [1.82, 2.24) is 5.32 Å². The van der Waals surface area contributed by atoms with Crippen molar-refractivity contribution in [3.05, 3.63) is 0 Å². The molecule has 3 aliphatic rings. The molecule has 0 radical (unpaired) electrons. The number of nitrogens with one attached hydrogen (secondary N) is 1. The largest absolute Gasteiger partial charge is 0.314 e. The maximum atomic E-state index is 3.73. The summed E-state index contributed by atoms with van der Waals surface area (Å²) in [4.78, 5) is 0. The number of hydrogen-bond donors (Lipinski definition) is 1. The monoisotopic (exact) mass is 179 g/mol. The zero-order valence-corrected chi connectivity index (χ0v) is 8.63. The summed E-state index contributed by atoms with van der Waals surface area (Å²) in [6.45, 7) is 3.51. The average molecular weight is 179 g/mol. The Kier molecular flexibility index (Phi) is 1.90. The third-order valence-corrected chi connectivity index (χ3v) is 4.81. The number of fused-ring (bicyclic) bond motifs is 5. The molecule has 3 aliphatic carbocycles. The molecule has 3 rings (SSSR count). The van der Waals surface area contributed by atoms with E-state index in [4.69, 9.17) is 0 Å². The van der Waals surface area contributed by atoms with E-state index in [9.17, 15) is 0 Å². The molecule has 3 fully saturated rings. The Bertz CT molecular complexity index is 199. The Morgan fingerprint density at radius 1 is 1.15 bits per heavy atom. The first-order chi connectivity index (χ1) is 6.40. The molecular formula is C12H21N. The summed E-state index contributed by atoms with van der Waals surface area (Å²) >= 11 is 0. The fraction of sp³-hybridized carbons (Fsp3) is 1.00. The lowest BCUT2D eigenvalue weighted by molar-refractivity contribution is 0.0500. The van der Waals surface area contributed by atoms with E-state index in [-0.39, 0.29) is 0 Å². The van der Waals surface area contributed by atoms with Crippen molar-refractivity contribution in [2.45, 2.75) is 45.1 Å². The van der Waals surface area contributed by atoms with Crippen LogP contribution < -0.4 is 5.32 Å². The minimum atomic E-state index is 0.917. The Hall–Kier alpha value is -0.0400. The first kappa shape index (κ1) is 8.28. The lowest BCUT2D eigenvalue weighted by atomic mass is 9.62. The molecule has 1 N–H and O–H groups in total. The highest BCUT2D eigenvalue weighted by molar-refractivity contribution is 5.08. The summed E-state index contributed by atoms with van der Waals surface area (Å²) in [7, 11) is 0. The van der Waals surface area contributed by atoms with Crippen LogP contribution in [0.4, 0.5) is 0 Å². The first-order valence-corrected chi connectivity index (χ1v) is 6.13. The van der Waals surface area contributed by atoms with Crippen LogP contribution in [0.1, 0.15) is 39.0 Å². The summed E-state index contributed by atoms with van der Waals surface area (Å²) in [5.41, 5.74) is 0. The van der Waals surface area contributed by atoms with Crippen molar-refractivity contribution in [1.29, 1.82) is 0 Å². The van der Waals surface area contributed by atoms with E-state index in [1.165, 1.54) is 19.4 Å². The van der Waals surface area contributed by atoms with Gasteiger partial charge in [-0.25, -0.2) is 0 Å². The van der Waals surface area contributed by atoms with Crippen molar-refractivity contribution in [3.8, 4) is 0 Å². The maximum Gasteiger partial charge on any atom is 0.0104 e. The van der Waals surface area contributed by atoms with Crippen LogP contribution in [0.2, 0.25) is 0 Å². The van der Waals surface area contributed by atoms with Crippen molar-refractivity contribution in [3.63, 3.8) is 0 Å². The molecule has 3 saturated carbocycles. The van der Waals surface area contributed by atoms with Gasteiger partial charge in [-0.3, -0.25) is 0 Å². The molecule has 0 spiro atoms. The van der Waals surface area contributed by atoms with Crippen LogP contribution in [-0.2, 0) is 0 Å². The van der Waals surface area contributed by atoms with Crippen LogP contribution in [0, 0.1) is 23.7 Å². The molecule has 0 aromatic carbocycles. The summed E-state index contributed by atoms with van der Waals surface area (Å²) in [6.07, 6.45) is 7.50. The van der Waals surface area contributed by atoms with Gasteiger partial charge in [-0.15, -0.1) is 0 Å². The highest BCUT2D eigenvalue weighted by Gasteiger charge is 2.56. The predicted molar refractivity (Wildman–Crippen MR) is 54.5 cm³/mol. The smallest absolute Gasteiger partial charge is 0.0104 e. The quantitative estimate of drug-likeness (QED) is 0.701. The third kappa shape index (κ3) is 1.09. The van der Waals surface area contributed by atoms with E-state index in [1.807, 2.05) is 0 Å². The predicted octanol–water partition coefficient (Wildman–Crippen LogP) is 2.42. The minimum Gasteiger partial charge on any atom is -0.314 e. The van der Waals surface area contributed by atoms with E-state index >= 15 is 0 Å². The van der Waals surface area contributed by atoms with Gasteiger partial charge >= 0.3 is 0 Å². The van der Waals surface area contributed by atoms with Gasteiger partial charge in [-0.1, -0.05) is 6.92 Å². The molecule has 1 nitrogen and oxygen atoms in total. The van der Waals surface area contributed by atoms with Gasteiger partial charge in [-0.2, -0.15) is 0 Å². The van der Waals surface area contributed by atoms with E-state index in [0.29, 0.717) is 0 Å². The molecule has 13 heavy (non-hydrogen) atoms. The Morgan fingerprint density at radius 2 is 2.00 bits per heavy atom. The van der Waals surface area contributed by atoms with E-state index in [2.05, 4.69) is 12.2 Å². The Balaban J connectivity index is 1.60. The summed E-state index contributed by atoms with van der Waals surface area (Å²) in [6, 6.07) is 0.917. The molecule has 74 valence electrons. The Morgan fingerprint density at radius 3 is 2.77 bits per heavy atom. The van der Waals surface area contributed by atoms with Crippen LogP contribution >= 0.6 is 0 Å². The normalized spacial score (nSPS) is 51.9. The van der Waals surface area contributed by atoms with E-state index in [1.54, 1.807) is 19.3 Å². The second kappa shape index (κ2) is 2.98. The van der Waals surface area contributed by atoms with Gasteiger partial charge in [0.1, 0.15) is 0 Å². The molecule has 1 heteroatoms. The molecule has 2 bridgehead atoms. The highest BCUT2D eigenvalue weighted by Crippen LogP contribution is 2.60. The van der Waals surface area contributed by atoms with Gasteiger partial charge in [0.05, 0.1) is 0 Å². The molecule has 0 aromatic rings. The van der Waals surface area contributed by atoms with Gasteiger partial charge in [0.15, 0.2) is 0 Å². The first-order valence-electron chi connectivity index (χ1n) is 6.13. The molecule has 0 heterocycles. The van der Waals surface area contributed by atoms with Gasteiger partial charge in [0.2, 0.25) is 0 Å². The fourth-order valence-corrected chi connectivity index (χ4v) is 4.24. The fourth-order valence-electron chi connectivity index (χ4n) is 4.24. The molecule has 0 aromatic heterocycles. The van der Waals surface area contributed by atoms with Gasteiger partial charge in [0, 0.05) is 6.04 Å². The standard InChI is InChI=1S/C12H21N/c1-2-5-13-11-7-10-8-3-4-9(6-8)12(10)11/h8-13H,2-7H2,1H3/t8?,9?,10-,11-,12+/m0/s1. The van der Waals surface area contributed by atoms with E-state index < -0.39 is 0 Å². The lowest BCUT2D eigenvalue weighted by Gasteiger charge is -2.48. The molecule has 0 amide bonds.